The number of hydrogen-bond donors (Lipinski definition) is 3. The van der Waals surface area contributed by atoms with Crippen molar-refractivity contribution in [3.63, 3.8) is 0 Å². The summed E-state index contributed by atoms with van der Waals surface area (Å²) in [6.07, 6.45) is -0.537. The van der Waals surface area contributed by atoms with Crippen molar-refractivity contribution in [2.75, 3.05) is 0 Å². The second kappa shape index (κ2) is 6.71. The number of ether oxygens (including phenoxy) is 1. The summed E-state index contributed by atoms with van der Waals surface area (Å²) in [7, 11) is 0. The van der Waals surface area contributed by atoms with Crippen LogP contribution in [0, 0.1) is 10.1 Å². The fourth-order valence-corrected chi connectivity index (χ4v) is 1.90. The quantitative estimate of drug-likeness (QED) is 0.228. The zero-order valence-corrected chi connectivity index (χ0v) is 13.0. The number of carbonyl (C=O) groups excluding carboxylic acids is 1. The predicted octanol–water partition coefficient (Wildman–Crippen LogP) is 0.766. The van der Waals surface area contributed by atoms with E-state index in [1.165, 1.54) is 24.3 Å². The van der Waals surface area contributed by atoms with E-state index in [4.69, 9.17) is 10.6 Å². The van der Waals surface area contributed by atoms with Gasteiger partial charge >= 0.3 is 11.9 Å². The first-order chi connectivity index (χ1) is 10.5. The van der Waals surface area contributed by atoms with Crippen LogP contribution in [0.5, 0.6) is 0 Å². The highest BCUT2D eigenvalue weighted by Crippen LogP contribution is 2.25. The Morgan fingerprint density at radius 2 is 1.91 bits per heavy atom. The van der Waals surface area contributed by atoms with E-state index in [1.54, 1.807) is 20.8 Å². The van der Waals surface area contributed by atoms with Crippen LogP contribution in [0.1, 0.15) is 26.3 Å². The van der Waals surface area contributed by atoms with Crippen molar-refractivity contribution in [1.29, 1.82) is 0 Å². The normalized spacial score (nSPS) is 13.9. The number of nitro benzene ring substituents is 1. The van der Waals surface area contributed by atoms with Gasteiger partial charge in [0.1, 0.15) is 5.60 Å². The lowest BCUT2D eigenvalue weighted by Gasteiger charge is -2.30. The molecule has 0 aliphatic heterocycles. The Balaban J connectivity index is 3.31. The molecule has 0 heterocycles. The van der Waals surface area contributed by atoms with Crippen molar-refractivity contribution in [2.24, 2.45) is 5.84 Å². The molecule has 9 nitrogen and oxygen atoms in total. The van der Waals surface area contributed by atoms with Crippen LogP contribution < -0.4 is 11.3 Å². The molecule has 1 atom stereocenters. The molecule has 0 aliphatic rings. The number of rotatable bonds is 6. The van der Waals surface area contributed by atoms with E-state index >= 15 is 0 Å². The third-order valence-corrected chi connectivity index (χ3v) is 3.00. The van der Waals surface area contributed by atoms with E-state index in [0.29, 0.717) is 0 Å². The predicted molar refractivity (Wildman–Crippen MR) is 80.3 cm³/mol. The zero-order chi connectivity index (χ0) is 17.8. The van der Waals surface area contributed by atoms with Gasteiger partial charge in [-0.05, 0) is 20.8 Å². The van der Waals surface area contributed by atoms with Crippen molar-refractivity contribution >= 4 is 17.6 Å². The Kier molecular flexibility index (Phi) is 5.41. The Labute approximate surface area is 132 Å². The number of hydrogen-bond acceptors (Lipinski definition) is 7. The first-order valence-corrected chi connectivity index (χ1v) is 6.70. The molecular weight excluding hydrogens is 306 g/mol. The van der Waals surface area contributed by atoms with Gasteiger partial charge in [0.25, 0.3) is 5.69 Å². The Bertz CT molecular complexity index is 625. The van der Waals surface area contributed by atoms with Crippen LogP contribution in [0.4, 0.5) is 5.69 Å². The van der Waals surface area contributed by atoms with Gasteiger partial charge in [0, 0.05) is 18.1 Å². The molecule has 0 aromatic heterocycles. The summed E-state index contributed by atoms with van der Waals surface area (Å²) in [5.41, 5.74) is -1.59. The minimum absolute atomic E-state index is 0.0451. The minimum Gasteiger partial charge on any atom is -0.479 e. The standard InChI is InChI=1S/C14H19N3O6/c1-13(2,3)23-12(20)14(16-15,11(18)19)8-9-6-4-5-7-10(9)17(21)22/h4-7,16H,8,15H2,1-3H3,(H,18,19). The smallest absolute Gasteiger partial charge is 0.340 e. The van der Waals surface area contributed by atoms with Crippen LogP contribution in [0.25, 0.3) is 0 Å². The second-order valence-corrected chi connectivity index (χ2v) is 5.92. The molecule has 1 aromatic rings. The van der Waals surface area contributed by atoms with Gasteiger partial charge in [-0.1, -0.05) is 18.2 Å². The first-order valence-electron chi connectivity index (χ1n) is 6.70. The average Bonchev–Trinajstić information content (AvgIpc) is 2.42. The number of esters is 1. The summed E-state index contributed by atoms with van der Waals surface area (Å²) in [4.78, 5) is 34.4. The molecule has 0 radical (unpaired) electrons. The molecule has 1 rings (SSSR count). The third-order valence-electron chi connectivity index (χ3n) is 3.00. The van der Waals surface area contributed by atoms with E-state index in [0.717, 1.165) is 0 Å². The average molecular weight is 325 g/mol. The molecular formula is C14H19N3O6. The number of benzene rings is 1. The maximum Gasteiger partial charge on any atom is 0.340 e. The zero-order valence-electron chi connectivity index (χ0n) is 13.0. The number of hydrazine groups is 1. The van der Waals surface area contributed by atoms with Crippen LogP contribution in [-0.2, 0) is 20.7 Å². The van der Waals surface area contributed by atoms with Crippen LogP contribution in [0.15, 0.2) is 24.3 Å². The molecule has 0 fully saturated rings. The lowest BCUT2D eigenvalue weighted by Crippen LogP contribution is -2.64. The van der Waals surface area contributed by atoms with Crippen LogP contribution in [0.2, 0.25) is 0 Å². The number of nitrogens with two attached hydrogens (primary N) is 1. The van der Waals surface area contributed by atoms with Crippen molar-refractivity contribution < 1.29 is 24.4 Å². The van der Waals surface area contributed by atoms with Crippen LogP contribution in [-0.4, -0.2) is 33.1 Å². The van der Waals surface area contributed by atoms with E-state index in [2.05, 4.69) is 0 Å². The molecule has 1 aromatic carbocycles. The molecule has 0 saturated carbocycles. The van der Waals surface area contributed by atoms with Gasteiger partial charge in [-0.25, -0.2) is 15.0 Å². The molecule has 23 heavy (non-hydrogen) atoms. The van der Waals surface area contributed by atoms with Crippen LogP contribution in [0.3, 0.4) is 0 Å². The maximum absolute atomic E-state index is 12.3. The lowest BCUT2D eigenvalue weighted by molar-refractivity contribution is -0.385. The Morgan fingerprint density at radius 3 is 2.35 bits per heavy atom. The molecule has 4 N–H and O–H groups in total. The van der Waals surface area contributed by atoms with Gasteiger partial charge in [-0.3, -0.25) is 16.0 Å². The number of nitrogens with zero attached hydrogens (tertiary/aromatic N) is 1. The molecule has 0 saturated heterocycles. The first kappa shape index (κ1) is 18.5. The molecule has 126 valence electrons. The topological polar surface area (TPSA) is 145 Å². The number of carboxylic acids is 1. The lowest BCUT2D eigenvalue weighted by atomic mass is 9.90. The minimum atomic E-state index is -2.33. The number of nitro groups is 1. The largest absolute Gasteiger partial charge is 0.479 e. The molecule has 0 spiro atoms. The molecule has 1 unspecified atom stereocenters. The SMILES string of the molecule is CC(C)(C)OC(=O)C(Cc1ccccc1[N+](=O)[O-])(NN)C(=O)O. The van der Waals surface area contributed by atoms with Gasteiger partial charge in [-0.2, -0.15) is 0 Å². The summed E-state index contributed by atoms with van der Waals surface area (Å²) in [6, 6.07) is 5.51. The molecule has 9 heteroatoms. The fourth-order valence-electron chi connectivity index (χ4n) is 1.90. The van der Waals surface area contributed by atoms with Crippen molar-refractivity contribution in [3.8, 4) is 0 Å². The summed E-state index contributed by atoms with van der Waals surface area (Å²) < 4.78 is 5.10. The third kappa shape index (κ3) is 4.24. The number of aliphatic carboxylic acids is 1. The highest BCUT2D eigenvalue weighted by Gasteiger charge is 2.49. The van der Waals surface area contributed by atoms with E-state index in [9.17, 15) is 24.8 Å². The van der Waals surface area contributed by atoms with Crippen molar-refractivity contribution in [3.05, 3.63) is 39.9 Å². The van der Waals surface area contributed by atoms with Crippen molar-refractivity contribution in [1.82, 2.24) is 5.43 Å². The number of nitrogens with one attached hydrogen (secondary N) is 1. The van der Waals surface area contributed by atoms with Crippen molar-refractivity contribution in [2.45, 2.75) is 38.3 Å². The number of para-hydroxylation sites is 1. The molecule has 0 aliphatic carbocycles. The Hall–Kier alpha value is -2.52. The summed E-state index contributed by atoms with van der Waals surface area (Å²) in [5, 5.41) is 20.5. The maximum atomic E-state index is 12.3. The molecule has 0 amide bonds. The van der Waals surface area contributed by atoms with E-state index < -0.39 is 34.4 Å². The van der Waals surface area contributed by atoms with Gasteiger partial charge in [0.2, 0.25) is 5.54 Å². The van der Waals surface area contributed by atoms with Gasteiger partial charge in [0.15, 0.2) is 0 Å². The number of carboxylic acid groups (broad SMARTS) is 1. The van der Waals surface area contributed by atoms with Gasteiger partial charge in [0.05, 0.1) is 4.92 Å². The van der Waals surface area contributed by atoms with E-state index in [-0.39, 0.29) is 11.3 Å². The van der Waals surface area contributed by atoms with Crippen LogP contribution >= 0.6 is 0 Å². The summed E-state index contributed by atoms with van der Waals surface area (Å²) >= 11 is 0. The molecule has 0 bridgehead atoms. The van der Waals surface area contributed by atoms with E-state index in [1.807, 2.05) is 5.43 Å². The van der Waals surface area contributed by atoms with Gasteiger partial charge in [-0.15, -0.1) is 0 Å². The Morgan fingerprint density at radius 1 is 1.35 bits per heavy atom. The monoisotopic (exact) mass is 325 g/mol. The highest BCUT2D eigenvalue weighted by molar-refractivity contribution is 6.04. The summed E-state index contributed by atoms with van der Waals surface area (Å²) in [5.74, 6) is 2.58. The number of carbonyl (C=O) groups is 2. The fraction of sp³-hybridized carbons (Fsp3) is 0.429. The second-order valence-electron chi connectivity index (χ2n) is 5.92. The highest BCUT2D eigenvalue weighted by atomic mass is 16.6. The van der Waals surface area contributed by atoms with Gasteiger partial charge < -0.3 is 9.84 Å². The summed E-state index contributed by atoms with van der Waals surface area (Å²) in [6.45, 7) is 4.71.